The van der Waals surface area contributed by atoms with E-state index in [1.807, 2.05) is 0 Å². The van der Waals surface area contributed by atoms with Crippen LogP contribution in [0.1, 0.15) is 49.1 Å². The van der Waals surface area contributed by atoms with E-state index in [-0.39, 0.29) is 0 Å². The predicted octanol–water partition coefficient (Wildman–Crippen LogP) is 8.25. The maximum Gasteiger partial charge on any atom is 0.0705 e. The average molecular weight is 415 g/mol. The lowest BCUT2D eigenvalue weighted by Gasteiger charge is -2.24. The van der Waals surface area contributed by atoms with Crippen molar-refractivity contribution in [2.75, 3.05) is 0 Å². The maximum atomic E-state index is 4.86. The molecule has 1 aliphatic carbocycles. The molecule has 0 radical (unpaired) electrons. The van der Waals surface area contributed by atoms with Gasteiger partial charge in [0.15, 0.2) is 0 Å². The summed E-state index contributed by atoms with van der Waals surface area (Å²) >= 11 is 0. The van der Waals surface area contributed by atoms with E-state index >= 15 is 0 Å². The molecular formula is C30H26N2. The second kappa shape index (κ2) is 6.80. The summed E-state index contributed by atoms with van der Waals surface area (Å²) in [4.78, 5) is 4.86. The number of hydrogen-bond acceptors (Lipinski definition) is 1. The summed E-state index contributed by atoms with van der Waals surface area (Å²) in [5.74, 6) is 0.695. The van der Waals surface area contributed by atoms with Crippen molar-refractivity contribution in [3.63, 3.8) is 0 Å². The smallest absolute Gasteiger partial charge is 0.0705 e. The first-order valence-electron chi connectivity index (χ1n) is 11.9. The molecule has 0 spiro atoms. The zero-order valence-electron chi connectivity index (χ0n) is 18.4. The van der Waals surface area contributed by atoms with Crippen LogP contribution in [0.4, 0.5) is 0 Å². The third-order valence-corrected chi connectivity index (χ3v) is 7.71. The Kier molecular flexibility index (Phi) is 3.87. The number of hydrogen-bond donors (Lipinski definition) is 0. The Morgan fingerprint density at radius 3 is 2.38 bits per heavy atom. The van der Waals surface area contributed by atoms with Crippen molar-refractivity contribution in [2.24, 2.45) is 0 Å². The zero-order valence-corrected chi connectivity index (χ0v) is 18.4. The molecule has 2 nitrogen and oxygen atoms in total. The van der Waals surface area contributed by atoms with Crippen LogP contribution >= 0.6 is 0 Å². The van der Waals surface area contributed by atoms with Gasteiger partial charge in [-0.15, -0.1) is 0 Å². The van der Waals surface area contributed by atoms with Crippen LogP contribution < -0.4 is 0 Å². The molecule has 0 amide bonds. The van der Waals surface area contributed by atoms with E-state index < -0.39 is 0 Å². The van der Waals surface area contributed by atoms with Crippen LogP contribution in [-0.2, 0) is 0 Å². The summed E-state index contributed by atoms with van der Waals surface area (Å²) in [5, 5.41) is 5.31. The normalized spacial score (nSPS) is 15.5. The van der Waals surface area contributed by atoms with Crippen molar-refractivity contribution in [1.82, 2.24) is 9.38 Å². The minimum absolute atomic E-state index is 0.695. The summed E-state index contributed by atoms with van der Waals surface area (Å²) in [6.07, 6.45) is 8.83. The van der Waals surface area contributed by atoms with E-state index in [9.17, 15) is 0 Å². The zero-order chi connectivity index (χ0) is 21.2. The molecule has 0 aliphatic heterocycles. The highest BCUT2D eigenvalue weighted by atomic mass is 14.9. The number of aryl methyl sites for hydroxylation is 1. The molecule has 0 unspecified atom stereocenters. The minimum Gasteiger partial charge on any atom is -0.308 e. The molecule has 1 saturated carbocycles. The number of rotatable bonds is 2. The number of benzene rings is 3. The summed E-state index contributed by atoms with van der Waals surface area (Å²) in [6, 6.07) is 24.7. The van der Waals surface area contributed by atoms with Crippen molar-refractivity contribution in [1.29, 1.82) is 0 Å². The molecule has 1 fully saturated rings. The molecule has 0 bridgehead atoms. The van der Waals surface area contributed by atoms with Crippen LogP contribution in [0, 0.1) is 6.92 Å². The molecule has 156 valence electrons. The Labute approximate surface area is 187 Å². The third kappa shape index (κ3) is 2.50. The summed E-state index contributed by atoms with van der Waals surface area (Å²) in [6.45, 7) is 2.22. The van der Waals surface area contributed by atoms with E-state index in [0.717, 1.165) is 5.69 Å². The lowest BCUT2D eigenvalue weighted by Crippen LogP contribution is -2.07. The first-order chi connectivity index (χ1) is 15.8. The maximum absolute atomic E-state index is 4.86. The first kappa shape index (κ1) is 18.2. The number of nitrogens with zero attached hydrogens (tertiary/aromatic N) is 2. The molecule has 7 rings (SSSR count). The average Bonchev–Trinajstić information content (AvgIpc) is 3.37. The standard InChI is InChI=1S/C30H26N2/c1-19-18-31-27(17-25(19)20-8-3-2-4-9-20)21-14-15-29-26(16-21)24-12-7-11-23-22-10-5-6-13-28(22)32(29)30(23)24/h5-7,10-18,20H,2-4,8-9H2,1H3. The Hall–Kier alpha value is -3.39. The molecular weight excluding hydrogens is 388 g/mol. The Bertz CT molecular complexity index is 1620. The topological polar surface area (TPSA) is 17.3 Å². The van der Waals surface area contributed by atoms with Gasteiger partial charge in [-0.05, 0) is 61.1 Å². The van der Waals surface area contributed by atoms with Crippen LogP contribution in [0.25, 0.3) is 49.4 Å². The highest BCUT2D eigenvalue weighted by molar-refractivity contribution is 6.23. The Balaban J connectivity index is 1.45. The van der Waals surface area contributed by atoms with Gasteiger partial charge < -0.3 is 4.40 Å². The lowest BCUT2D eigenvalue weighted by molar-refractivity contribution is 0.442. The van der Waals surface area contributed by atoms with Crippen LogP contribution in [0.2, 0.25) is 0 Å². The molecule has 0 atom stereocenters. The second-order valence-electron chi connectivity index (χ2n) is 9.55. The molecule has 0 N–H and O–H groups in total. The largest absolute Gasteiger partial charge is 0.308 e. The Morgan fingerprint density at radius 2 is 1.50 bits per heavy atom. The van der Waals surface area contributed by atoms with Crippen LogP contribution in [0.15, 0.2) is 72.9 Å². The Morgan fingerprint density at radius 1 is 0.750 bits per heavy atom. The van der Waals surface area contributed by atoms with Gasteiger partial charge in [0.1, 0.15) is 0 Å². The van der Waals surface area contributed by atoms with E-state index in [1.165, 1.54) is 86.9 Å². The monoisotopic (exact) mass is 414 g/mol. The van der Waals surface area contributed by atoms with E-state index in [2.05, 4.69) is 84.3 Å². The molecule has 3 heterocycles. The van der Waals surface area contributed by atoms with Gasteiger partial charge in [-0.25, -0.2) is 0 Å². The van der Waals surface area contributed by atoms with Crippen molar-refractivity contribution in [2.45, 2.75) is 44.9 Å². The van der Waals surface area contributed by atoms with Crippen molar-refractivity contribution < 1.29 is 0 Å². The molecule has 3 aromatic carbocycles. The van der Waals surface area contributed by atoms with Crippen LogP contribution in [0.3, 0.4) is 0 Å². The SMILES string of the molecule is Cc1cnc(-c2ccc3c(c2)c2cccc4c5ccccc5n3c42)cc1C1CCCCC1. The summed E-state index contributed by atoms with van der Waals surface area (Å²) in [7, 11) is 0. The van der Waals surface area contributed by atoms with Gasteiger partial charge >= 0.3 is 0 Å². The van der Waals surface area contributed by atoms with E-state index in [1.54, 1.807) is 0 Å². The van der Waals surface area contributed by atoms with Crippen molar-refractivity contribution in [3.8, 4) is 11.3 Å². The van der Waals surface area contributed by atoms with Gasteiger partial charge in [-0.2, -0.15) is 0 Å². The van der Waals surface area contributed by atoms with Crippen LogP contribution in [0.5, 0.6) is 0 Å². The number of pyridine rings is 1. The number of aromatic nitrogens is 2. The fourth-order valence-corrected chi connectivity index (χ4v) is 6.14. The molecule has 0 saturated heterocycles. The summed E-state index contributed by atoms with van der Waals surface area (Å²) < 4.78 is 2.44. The lowest BCUT2D eigenvalue weighted by atomic mass is 9.82. The first-order valence-corrected chi connectivity index (χ1v) is 11.9. The van der Waals surface area contributed by atoms with E-state index in [0.29, 0.717) is 5.92 Å². The molecule has 1 aliphatic rings. The van der Waals surface area contributed by atoms with Crippen molar-refractivity contribution in [3.05, 3.63) is 84.1 Å². The van der Waals surface area contributed by atoms with Crippen LogP contribution in [-0.4, -0.2) is 9.38 Å². The van der Waals surface area contributed by atoms with Gasteiger partial charge in [0.25, 0.3) is 0 Å². The van der Waals surface area contributed by atoms with Gasteiger partial charge in [0.05, 0.1) is 22.2 Å². The van der Waals surface area contributed by atoms with Crippen molar-refractivity contribution >= 4 is 38.1 Å². The van der Waals surface area contributed by atoms with Gasteiger partial charge in [-0.1, -0.05) is 61.7 Å². The molecule has 32 heavy (non-hydrogen) atoms. The minimum atomic E-state index is 0.695. The quantitative estimate of drug-likeness (QED) is 0.279. The second-order valence-corrected chi connectivity index (χ2v) is 9.55. The highest BCUT2D eigenvalue weighted by Crippen LogP contribution is 2.40. The molecule has 6 aromatic rings. The third-order valence-electron chi connectivity index (χ3n) is 7.71. The van der Waals surface area contributed by atoms with Gasteiger partial charge in [-0.3, -0.25) is 4.98 Å². The summed E-state index contributed by atoms with van der Waals surface area (Å²) in [5.41, 5.74) is 9.07. The number of para-hydroxylation sites is 2. The fourth-order valence-electron chi connectivity index (χ4n) is 6.14. The number of fused-ring (bicyclic) bond motifs is 6. The van der Waals surface area contributed by atoms with E-state index in [4.69, 9.17) is 4.98 Å². The fraction of sp³-hybridized carbons (Fsp3) is 0.233. The molecule has 3 aromatic heterocycles. The van der Waals surface area contributed by atoms with Gasteiger partial charge in [0.2, 0.25) is 0 Å². The van der Waals surface area contributed by atoms with Gasteiger partial charge in [0, 0.05) is 33.3 Å². The predicted molar refractivity (Wildman–Crippen MR) is 135 cm³/mol. The highest BCUT2D eigenvalue weighted by Gasteiger charge is 2.20. The molecule has 2 heteroatoms.